The van der Waals surface area contributed by atoms with Gasteiger partial charge >= 0.3 is 7.12 Å². The van der Waals surface area contributed by atoms with Crippen LogP contribution < -0.4 is 5.46 Å². The van der Waals surface area contributed by atoms with E-state index in [1.807, 2.05) is 18.4 Å². The maximum Gasteiger partial charge on any atom is 0.488 e. The fourth-order valence-electron chi connectivity index (χ4n) is 1.29. The van der Waals surface area contributed by atoms with E-state index in [4.69, 9.17) is 48.7 Å². The molecule has 2 nitrogen and oxygen atoms in total. The molecule has 2 N–H and O–H groups in total. The van der Waals surface area contributed by atoms with Crippen LogP contribution in [0, 0.1) is 0 Å². The first kappa shape index (κ1) is 20.1. The summed E-state index contributed by atoms with van der Waals surface area (Å²) < 4.78 is 0. The van der Waals surface area contributed by atoms with Crippen molar-refractivity contribution in [3.63, 3.8) is 0 Å². The molecule has 0 fully saturated rings. The summed E-state index contributed by atoms with van der Waals surface area (Å²) in [5.41, 5.74) is 0.530. The molecule has 0 unspecified atom stereocenters. The summed E-state index contributed by atoms with van der Waals surface area (Å²) in [5.74, 6) is 0. The van der Waals surface area contributed by atoms with Crippen molar-refractivity contribution in [1.29, 1.82) is 0 Å². The van der Waals surface area contributed by atoms with Crippen LogP contribution in [0.1, 0.15) is 0 Å². The highest BCUT2D eigenvalue weighted by Gasteiger charge is 2.18. The van der Waals surface area contributed by atoms with Crippen LogP contribution in [-0.4, -0.2) is 88.3 Å². The molecule has 11 radical (unpaired) electrons. The van der Waals surface area contributed by atoms with Crippen LogP contribution >= 0.6 is 11.8 Å². The van der Waals surface area contributed by atoms with Gasteiger partial charge in [-0.3, -0.25) is 0 Å². The predicted octanol–water partition coefficient (Wildman–Crippen LogP) is -3.34. The largest absolute Gasteiger partial charge is 0.488 e. The van der Waals surface area contributed by atoms with Gasteiger partial charge in [-0.1, -0.05) is 12.1 Å². The number of rotatable bonds is 5. The minimum atomic E-state index is -1.36. The van der Waals surface area contributed by atoms with Crippen molar-refractivity contribution >= 4 is 89.2 Å². The Morgan fingerprint density at radius 2 is 1.45 bits per heavy atom. The van der Waals surface area contributed by atoms with Crippen LogP contribution in [0.2, 0.25) is 0 Å². The molecule has 1 aromatic rings. The van der Waals surface area contributed by atoms with Crippen molar-refractivity contribution in [2.75, 3.05) is 6.26 Å². The minimum absolute atomic E-state index is 0.315. The highest BCUT2D eigenvalue weighted by Crippen LogP contribution is 2.11. The van der Waals surface area contributed by atoms with E-state index in [-0.39, 0.29) is 6.39 Å². The van der Waals surface area contributed by atoms with Gasteiger partial charge in [0.05, 0.1) is 0 Å². The van der Waals surface area contributed by atoms with Crippen LogP contribution in [0.5, 0.6) is 0 Å². The number of hydrogen-bond donors (Lipinski definition) is 2. The quantitative estimate of drug-likeness (QED) is 0.432. The summed E-state index contributed by atoms with van der Waals surface area (Å²) in [6, 6.07) is 7.13. The molecule has 20 heavy (non-hydrogen) atoms. The number of benzene rings is 1. The van der Waals surface area contributed by atoms with Crippen molar-refractivity contribution in [3.05, 3.63) is 24.3 Å². The second kappa shape index (κ2) is 10.8. The molecule has 0 saturated carbocycles. The van der Waals surface area contributed by atoms with Gasteiger partial charge in [0, 0.05) is 69.8 Å². The lowest BCUT2D eigenvalue weighted by atomic mass is 8.64. The average molecular weight is 265 g/mol. The molecule has 1 rings (SSSR count). The van der Waals surface area contributed by atoms with Gasteiger partial charge in [-0.2, -0.15) is 0 Å². The Labute approximate surface area is 134 Å². The monoisotopic (exact) mass is 267 g/mol. The topological polar surface area (TPSA) is 40.5 Å². The molecule has 0 aliphatic carbocycles. The van der Waals surface area contributed by atoms with Crippen LogP contribution in [-0.2, 0) is 0 Å². The zero-order valence-corrected chi connectivity index (χ0v) is 12.2. The van der Waals surface area contributed by atoms with Crippen molar-refractivity contribution in [1.82, 2.24) is 0 Å². The Balaban J connectivity index is 0.000000370. The molecular weight excluding hydrogens is 256 g/mol. The maximum atomic E-state index is 8.74. The Morgan fingerprint density at radius 3 is 1.65 bits per heavy atom. The second-order valence-corrected chi connectivity index (χ2v) is 4.95. The third-order valence-electron chi connectivity index (χ3n) is 2.53. The van der Waals surface area contributed by atoms with E-state index in [0.717, 1.165) is 4.90 Å². The SMILES string of the molecule is CSc1ccc(B(O)O)cc1.[B][B]B(B([B])[B])B([B])[B]. The molecule has 13 heteroatoms. The molecule has 0 aliphatic rings. The normalized spacial score (nSPS) is 8.95. The molecule has 0 amide bonds. The molecule has 0 heterocycles. The standard InChI is InChI=1S/C7H9BO2S.B9/c1-11-7-4-2-6(3-5-7)8(9)10;1-6-9(7(2)3)8(4)5/h2-5,9-10H,1H3;. The summed E-state index contributed by atoms with van der Waals surface area (Å²) in [7, 11) is 26.1. The molecule has 0 atom stereocenters. The van der Waals surface area contributed by atoms with Crippen LogP contribution in [0.4, 0.5) is 0 Å². The Morgan fingerprint density at radius 1 is 1.00 bits per heavy atom. The highest BCUT2D eigenvalue weighted by molar-refractivity contribution is 7.98. The van der Waals surface area contributed by atoms with Gasteiger partial charge in [-0.05, 0) is 23.9 Å². The fraction of sp³-hybridized carbons (Fsp3) is 0.143. The first-order chi connectivity index (χ1) is 9.33. The molecule has 0 spiro atoms. The Bertz CT molecular complexity index is 353. The van der Waals surface area contributed by atoms with E-state index in [2.05, 4.69) is 0 Å². The van der Waals surface area contributed by atoms with Crippen molar-refractivity contribution in [2.24, 2.45) is 0 Å². The third kappa shape index (κ3) is 7.80. The summed E-state index contributed by atoms with van der Waals surface area (Å²) in [5, 5.41) is 17.5. The summed E-state index contributed by atoms with van der Waals surface area (Å²) >= 11 is 1.63. The molecule has 0 saturated heterocycles. The predicted molar refractivity (Wildman–Crippen MR) is 99.8 cm³/mol. The molecule has 0 aliphatic heterocycles. The zero-order valence-electron chi connectivity index (χ0n) is 11.4. The van der Waals surface area contributed by atoms with E-state index in [9.17, 15) is 0 Å². The first-order valence-corrected chi connectivity index (χ1v) is 7.13. The van der Waals surface area contributed by atoms with Crippen molar-refractivity contribution < 1.29 is 10.0 Å². The van der Waals surface area contributed by atoms with E-state index < -0.39 is 19.9 Å². The second-order valence-electron chi connectivity index (χ2n) is 4.07. The maximum absolute atomic E-state index is 8.74. The van der Waals surface area contributed by atoms with Gasteiger partial charge in [0.2, 0.25) is 0 Å². The van der Waals surface area contributed by atoms with Gasteiger partial charge in [0.15, 0.2) is 0 Å². The zero-order chi connectivity index (χ0) is 15.7. The molecule has 0 bridgehead atoms. The van der Waals surface area contributed by atoms with Crippen LogP contribution in [0.3, 0.4) is 0 Å². The van der Waals surface area contributed by atoms with Gasteiger partial charge in [-0.15, -0.1) is 11.8 Å². The molecule has 1 aromatic carbocycles. The lowest BCUT2D eigenvalue weighted by Gasteiger charge is -2.17. The lowest BCUT2D eigenvalue weighted by Crippen LogP contribution is -2.55. The summed E-state index contributed by atoms with van der Waals surface area (Å²) in [4.78, 5) is 1.12. The smallest absolute Gasteiger partial charge is 0.423 e. The van der Waals surface area contributed by atoms with E-state index in [1.54, 1.807) is 23.9 Å². The summed E-state index contributed by atoms with van der Waals surface area (Å²) in [6.45, 7) is 0. The van der Waals surface area contributed by atoms with Crippen LogP contribution in [0.15, 0.2) is 29.2 Å². The van der Waals surface area contributed by atoms with Crippen molar-refractivity contribution in [3.8, 4) is 0 Å². The summed E-state index contributed by atoms with van der Waals surface area (Å²) in [6.07, 6.45) is 0.514. The van der Waals surface area contributed by atoms with E-state index >= 15 is 0 Å². The number of thioether (sulfide) groups is 1. The molecule has 0 aromatic heterocycles. The lowest BCUT2D eigenvalue weighted by molar-refractivity contribution is 0.426. The highest BCUT2D eigenvalue weighted by atomic mass is 32.2. The third-order valence-corrected chi connectivity index (χ3v) is 3.27. The minimum Gasteiger partial charge on any atom is -0.423 e. The van der Waals surface area contributed by atoms with E-state index in [1.165, 1.54) is 7.06 Å². The molecular formula is C7H9B10O2S. The van der Waals surface area contributed by atoms with Gasteiger partial charge in [0.25, 0.3) is 0 Å². The Kier molecular flexibility index (Phi) is 10.9. The van der Waals surface area contributed by atoms with Gasteiger partial charge in [-0.25, -0.2) is 0 Å². The van der Waals surface area contributed by atoms with E-state index in [0.29, 0.717) is 5.46 Å². The first-order valence-electron chi connectivity index (χ1n) is 5.91. The molecule has 85 valence electrons. The average Bonchev–Trinajstić information content (AvgIpc) is 2.39. The van der Waals surface area contributed by atoms with Crippen LogP contribution in [0.25, 0.3) is 0 Å². The Hall–Kier alpha value is 0.139. The van der Waals surface area contributed by atoms with Gasteiger partial charge < -0.3 is 10.0 Å². The van der Waals surface area contributed by atoms with Crippen molar-refractivity contribution in [2.45, 2.75) is 4.90 Å². The van der Waals surface area contributed by atoms with Gasteiger partial charge in [0.1, 0.15) is 0 Å². The fourth-order valence-corrected chi connectivity index (χ4v) is 1.70. The number of hydrogen-bond acceptors (Lipinski definition) is 3.